The highest BCUT2D eigenvalue weighted by molar-refractivity contribution is 5.88. The van der Waals surface area contributed by atoms with E-state index in [4.69, 9.17) is 47.4 Å². The second-order valence-corrected chi connectivity index (χ2v) is 20.9. The number of benzene rings is 1. The van der Waals surface area contributed by atoms with Crippen molar-refractivity contribution in [1.29, 1.82) is 0 Å². The van der Waals surface area contributed by atoms with Crippen molar-refractivity contribution in [3.8, 4) is 0 Å². The van der Waals surface area contributed by atoms with Crippen LogP contribution in [0.15, 0.2) is 48.1 Å². The molecule has 0 unspecified atom stereocenters. The third-order valence-electron chi connectivity index (χ3n) is 17.4. The zero-order valence-electron chi connectivity index (χ0n) is 40.9. The molecule has 0 aromatic heterocycles. The Morgan fingerprint density at radius 3 is 2.00 bits per heavy atom. The molecule has 17 nitrogen and oxygen atoms in total. The van der Waals surface area contributed by atoms with Crippen LogP contribution in [0, 0.1) is 16.7 Å². The van der Waals surface area contributed by atoms with Gasteiger partial charge >= 0.3 is 5.97 Å². The molecule has 5 N–H and O–H groups in total. The molecule has 3 aliphatic heterocycles. The van der Waals surface area contributed by atoms with E-state index >= 15 is 0 Å². The molecule has 4 aliphatic carbocycles. The van der Waals surface area contributed by atoms with Gasteiger partial charge in [0, 0.05) is 46.2 Å². The lowest BCUT2D eigenvalue weighted by Gasteiger charge is -2.67. The van der Waals surface area contributed by atoms with Crippen LogP contribution in [0.5, 0.6) is 0 Å². The molecular weight excluding hydrogens is 885 g/mol. The molecule has 8 rings (SSSR count). The Morgan fingerprint density at radius 2 is 1.38 bits per heavy atom. The Bertz CT molecular complexity index is 2020. The predicted molar refractivity (Wildman–Crippen MR) is 242 cm³/mol. The van der Waals surface area contributed by atoms with Gasteiger partial charge in [-0.1, -0.05) is 48.9 Å². The van der Waals surface area contributed by atoms with Gasteiger partial charge in [-0.15, -0.1) is 0 Å². The Hall–Kier alpha value is -2.72. The number of hydrogen-bond acceptors (Lipinski definition) is 17. The molecule has 21 atom stereocenters. The number of aliphatic hydroxyl groups is 5. The number of hydrogen-bond donors (Lipinski definition) is 5. The van der Waals surface area contributed by atoms with E-state index in [1.807, 2.05) is 50.3 Å². The van der Waals surface area contributed by atoms with E-state index in [-0.39, 0.29) is 31.8 Å². The number of Topliss-reactive ketones (excluding diaryl/α,β-unsaturated/α-hetero) is 1. The van der Waals surface area contributed by atoms with Crippen molar-refractivity contribution < 1.29 is 82.5 Å². The van der Waals surface area contributed by atoms with E-state index in [9.17, 15) is 35.1 Å². The molecule has 0 bridgehead atoms. The van der Waals surface area contributed by atoms with Gasteiger partial charge in [0.25, 0.3) is 0 Å². The zero-order chi connectivity index (χ0) is 49.1. The molecule has 3 heterocycles. The fourth-order valence-electron chi connectivity index (χ4n) is 13.3. The Balaban J connectivity index is 0.923. The number of rotatable bonds is 13. The Labute approximate surface area is 399 Å². The van der Waals surface area contributed by atoms with Crippen molar-refractivity contribution in [3.63, 3.8) is 0 Å². The maximum atomic E-state index is 13.6. The number of fused-ring (bicyclic) bond motifs is 5. The van der Waals surface area contributed by atoms with Crippen LogP contribution < -0.4 is 0 Å². The first-order valence-corrected chi connectivity index (χ1v) is 24.4. The van der Waals surface area contributed by atoms with E-state index in [0.717, 1.165) is 11.1 Å². The van der Waals surface area contributed by atoms with Crippen LogP contribution in [0.2, 0.25) is 0 Å². The lowest BCUT2D eigenvalue weighted by Crippen LogP contribution is -2.78. The molecule has 3 saturated heterocycles. The summed E-state index contributed by atoms with van der Waals surface area (Å²) in [5.41, 5.74) is -6.25. The molecule has 3 saturated carbocycles. The largest absolute Gasteiger partial charge is 0.458 e. The van der Waals surface area contributed by atoms with Gasteiger partial charge in [0.1, 0.15) is 53.4 Å². The molecule has 17 heteroatoms. The van der Waals surface area contributed by atoms with E-state index in [1.165, 1.54) is 20.1 Å². The van der Waals surface area contributed by atoms with E-state index in [1.54, 1.807) is 34.1 Å². The van der Waals surface area contributed by atoms with Gasteiger partial charge < -0.3 is 72.9 Å². The first kappa shape index (κ1) is 51.6. The third-order valence-corrected chi connectivity index (χ3v) is 17.4. The topological polar surface area (TPSA) is 228 Å². The Kier molecular flexibility index (Phi) is 15.0. The highest BCUT2D eigenvalue weighted by atomic mass is 16.8. The summed E-state index contributed by atoms with van der Waals surface area (Å²) in [4.78, 5) is 26.9. The van der Waals surface area contributed by atoms with Crippen LogP contribution in [0.3, 0.4) is 0 Å². The monoisotopic (exact) mass is 958 g/mol. The van der Waals surface area contributed by atoms with Gasteiger partial charge in [0.15, 0.2) is 24.7 Å². The van der Waals surface area contributed by atoms with Gasteiger partial charge in [-0.05, 0) is 96.6 Å². The molecule has 0 radical (unpaired) electrons. The van der Waals surface area contributed by atoms with Crippen molar-refractivity contribution in [2.24, 2.45) is 16.7 Å². The van der Waals surface area contributed by atoms with Crippen LogP contribution in [-0.4, -0.2) is 168 Å². The average Bonchev–Trinajstić information content (AvgIpc) is 3.54. The highest BCUT2D eigenvalue weighted by Gasteiger charge is 2.81. The van der Waals surface area contributed by atoms with Crippen LogP contribution >= 0.6 is 0 Å². The fraction of sp³-hybridized carbons (Fsp3) is 0.765. The summed E-state index contributed by atoms with van der Waals surface area (Å²) in [6.45, 7) is 10.4. The maximum absolute atomic E-state index is 13.6. The summed E-state index contributed by atoms with van der Waals surface area (Å²) in [7, 11) is 4.61. The van der Waals surface area contributed by atoms with Crippen LogP contribution in [0.25, 0.3) is 6.08 Å². The lowest BCUT2D eigenvalue weighted by atomic mass is 9.42. The molecule has 6 fully saturated rings. The summed E-state index contributed by atoms with van der Waals surface area (Å²) in [5.74, 6) is -1.81. The third kappa shape index (κ3) is 8.67. The summed E-state index contributed by atoms with van der Waals surface area (Å²) in [6.07, 6.45) is -3.22. The molecule has 68 heavy (non-hydrogen) atoms. The molecule has 1 aromatic rings. The van der Waals surface area contributed by atoms with Gasteiger partial charge in [0.2, 0.25) is 0 Å². The quantitative estimate of drug-likeness (QED) is 0.108. The van der Waals surface area contributed by atoms with Crippen LogP contribution in [-0.2, 0) is 57.0 Å². The molecule has 7 aliphatic rings. The molecule has 0 amide bonds. The molecule has 0 spiro atoms. The van der Waals surface area contributed by atoms with Crippen molar-refractivity contribution in [2.75, 3.05) is 21.3 Å². The summed E-state index contributed by atoms with van der Waals surface area (Å²) in [5, 5.41) is 59.3. The Morgan fingerprint density at radius 1 is 0.750 bits per heavy atom. The minimum absolute atomic E-state index is 0.0514. The standard InChI is InChI=1S/C51H74O17/c1-27-41(54)45(61-9)42(55)46(64-27)68-44-29(3)63-40(25-35(44)60-8)67-43-28(2)62-39(24-34(43)59-7)65-33-18-19-47(5)32(23-33)17-20-50(57)36(47)26-37(66-38(53)16-15-31-13-11-10-12-14-31)48(6)49(56,30(4)52)21-22-51(48,50)58/h10-17,27-29,33-37,39-46,54-58H,18-26H2,1-9H3/b16-15+/t27-,28-,29-,33+,34+,35+,36-,37-,39+,40+,41-,42-,43-,44-,45-,46+,47+,48-,49-,50+,51-/m1/s1. The number of ether oxygens (including phenoxy) is 10. The number of carbonyl (C=O) groups excluding carboxylic acids is 2. The van der Waals surface area contributed by atoms with Crippen molar-refractivity contribution in [2.45, 2.75) is 208 Å². The van der Waals surface area contributed by atoms with Gasteiger partial charge in [0.05, 0.1) is 42.0 Å². The number of methoxy groups -OCH3 is 3. The molecular formula is C51H74O17. The van der Waals surface area contributed by atoms with Gasteiger partial charge in [-0.2, -0.15) is 0 Å². The summed E-state index contributed by atoms with van der Waals surface area (Å²) < 4.78 is 61.6. The summed E-state index contributed by atoms with van der Waals surface area (Å²) >= 11 is 0. The van der Waals surface area contributed by atoms with E-state index in [0.29, 0.717) is 32.1 Å². The number of aliphatic hydroxyl groups excluding tert-OH is 2. The van der Waals surface area contributed by atoms with E-state index in [2.05, 4.69) is 6.92 Å². The molecule has 380 valence electrons. The van der Waals surface area contributed by atoms with Gasteiger partial charge in [-0.25, -0.2) is 4.79 Å². The number of carbonyl (C=O) groups is 2. The van der Waals surface area contributed by atoms with Crippen LogP contribution in [0.1, 0.15) is 105 Å². The average molecular weight is 959 g/mol. The normalized spacial score (nSPS) is 48.2. The summed E-state index contributed by atoms with van der Waals surface area (Å²) in [6, 6.07) is 9.28. The maximum Gasteiger partial charge on any atom is 0.331 e. The number of ketones is 1. The second-order valence-electron chi connectivity index (χ2n) is 20.9. The second kappa shape index (κ2) is 19.7. The number of esters is 1. The SMILES string of the molecule is CO[C@H]1[C@@H](O)[C@H](O[C@H]2[C@@H](OC)C[C@H](O[C@H]3[C@@H](OC)C[C@H](O[C@H]4CC[C@@]5(C)C(=CC[C@]6(O)[C@@H]5C[C@@H](OC(=O)/C=C/c5ccccc5)[C@@]5(C)[C@]6(O)CC[C@@]5(O)C(C)=O)C4)O[C@@H]3C)O[C@@H]2C)O[C@H](C)[C@H]1O. The van der Waals surface area contributed by atoms with Crippen molar-refractivity contribution in [3.05, 3.63) is 53.6 Å². The van der Waals surface area contributed by atoms with E-state index < -0.39 is 131 Å². The smallest absolute Gasteiger partial charge is 0.331 e. The fourth-order valence-corrected chi connectivity index (χ4v) is 13.3. The van der Waals surface area contributed by atoms with Crippen molar-refractivity contribution in [1.82, 2.24) is 0 Å². The first-order valence-electron chi connectivity index (χ1n) is 24.4. The zero-order valence-corrected chi connectivity index (χ0v) is 40.9. The van der Waals surface area contributed by atoms with Crippen LogP contribution in [0.4, 0.5) is 0 Å². The van der Waals surface area contributed by atoms with Gasteiger partial charge in [-0.3, -0.25) is 4.79 Å². The highest BCUT2D eigenvalue weighted by Crippen LogP contribution is 2.71. The predicted octanol–water partition coefficient (Wildman–Crippen LogP) is 3.67. The minimum Gasteiger partial charge on any atom is -0.458 e. The molecule has 1 aromatic carbocycles. The minimum atomic E-state index is -2.05. The van der Waals surface area contributed by atoms with Crippen molar-refractivity contribution >= 4 is 17.8 Å². The lowest BCUT2D eigenvalue weighted by molar-refractivity contribution is -0.352. The first-order chi connectivity index (χ1) is 32.2.